The van der Waals surface area contributed by atoms with Gasteiger partial charge in [-0.05, 0) is 88.4 Å². The van der Waals surface area contributed by atoms with Crippen molar-refractivity contribution in [2.45, 2.75) is 13.8 Å². The van der Waals surface area contributed by atoms with E-state index in [0.717, 1.165) is 18.3 Å². The third-order valence-electron chi connectivity index (χ3n) is 3.29. The SMILES string of the molecule is Cc1ccc(C(=O)N(N)C(=O)c2c(C)cccc2I)cc1I. The molecule has 22 heavy (non-hydrogen) atoms. The van der Waals surface area contributed by atoms with E-state index in [4.69, 9.17) is 5.84 Å². The van der Waals surface area contributed by atoms with Gasteiger partial charge in [-0.25, -0.2) is 10.9 Å². The van der Waals surface area contributed by atoms with Crippen molar-refractivity contribution < 1.29 is 9.59 Å². The number of carbonyl (C=O) groups excluding carboxylic acids is 2. The fraction of sp³-hybridized carbons (Fsp3) is 0.125. The lowest BCUT2D eigenvalue weighted by Gasteiger charge is -2.17. The van der Waals surface area contributed by atoms with Gasteiger partial charge in [0.1, 0.15) is 0 Å². The molecule has 0 fully saturated rings. The molecule has 0 aliphatic carbocycles. The second-order valence-electron chi connectivity index (χ2n) is 4.88. The van der Waals surface area contributed by atoms with Crippen LogP contribution >= 0.6 is 45.2 Å². The number of hydrogen-bond acceptors (Lipinski definition) is 3. The summed E-state index contributed by atoms with van der Waals surface area (Å²) in [5, 5.41) is 0.686. The zero-order valence-corrected chi connectivity index (χ0v) is 16.4. The fourth-order valence-corrected chi connectivity index (χ4v) is 3.36. The number of hydrazine groups is 1. The summed E-state index contributed by atoms with van der Waals surface area (Å²) in [4.78, 5) is 24.9. The maximum absolute atomic E-state index is 12.5. The lowest BCUT2D eigenvalue weighted by molar-refractivity contribution is 0.0614. The predicted octanol–water partition coefficient (Wildman–Crippen LogP) is 3.67. The maximum atomic E-state index is 12.5. The summed E-state index contributed by atoms with van der Waals surface area (Å²) in [5.41, 5.74) is 2.72. The van der Waals surface area contributed by atoms with Crippen LogP contribution in [0.5, 0.6) is 0 Å². The van der Waals surface area contributed by atoms with Crippen LogP contribution in [-0.2, 0) is 0 Å². The monoisotopic (exact) mass is 520 g/mol. The number of amides is 2. The molecule has 6 heteroatoms. The quantitative estimate of drug-likeness (QED) is 0.216. The minimum atomic E-state index is -0.512. The molecule has 2 aromatic carbocycles. The summed E-state index contributed by atoms with van der Waals surface area (Å²) in [5.74, 6) is 4.77. The second-order valence-corrected chi connectivity index (χ2v) is 7.20. The number of halogens is 2. The summed E-state index contributed by atoms with van der Waals surface area (Å²) in [6, 6.07) is 10.7. The highest BCUT2D eigenvalue weighted by Gasteiger charge is 2.24. The van der Waals surface area contributed by atoms with E-state index in [-0.39, 0.29) is 0 Å². The number of aryl methyl sites for hydroxylation is 2. The Morgan fingerprint density at radius 2 is 1.64 bits per heavy atom. The van der Waals surface area contributed by atoms with Crippen molar-refractivity contribution in [3.8, 4) is 0 Å². The third-order valence-corrected chi connectivity index (χ3v) is 5.35. The van der Waals surface area contributed by atoms with Gasteiger partial charge in [-0.2, -0.15) is 0 Å². The van der Waals surface area contributed by atoms with E-state index in [2.05, 4.69) is 45.2 Å². The Bertz CT molecular complexity index is 740. The first-order valence-corrected chi connectivity index (χ1v) is 8.63. The van der Waals surface area contributed by atoms with Crippen molar-refractivity contribution in [1.82, 2.24) is 5.01 Å². The van der Waals surface area contributed by atoms with Gasteiger partial charge in [-0.15, -0.1) is 0 Å². The molecule has 0 saturated heterocycles. The van der Waals surface area contributed by atoms with Crippen LogP contribution in [0.15, 0.2) is 36.4 Å². The zero-order valence-electron chi connectivity index (χ0n) is 12.1. The normalized spacial score (nSPS) is 10.4. The van der Waals surface area contributed by atoms with Crippen molar-refractivity contribution in [3.63, 3.8) is 0 Å². The van der Waals surface area contributed by atoms with E-state index < -0.39 is 11.8 Å². The molecule has 2 aromatic rings. The molecule has 0 spiro atoms. The van der Waals surface area contributed by atoms with Crippen LogP contribution in [0.4, 0.5) is 0 Å². The predicted molar refractivity (Wildman–Crippen MR) is 102 cm³/mol. The Hall–Kier alpha value is -1.000. The molecule has 2 rings (SSSR count). The fourth-order valence-electron chi connectivity index (χ4n) is 1.98. The van der Waals surface area contributed by atoms with Crippen molar-refractivity contribution >= 4 is 57.0 Å². The van der Waals surface area contributed by atoms with Crippen LogP contribution in [0.2, 0.25) is 0 Å². The maximum Gasteiger partial charge on any atom is 0.276 e. The number of rotatable bonds is 2. The molecule has 0 atom stereocenters. The minimum Gasteiger partial charge on any atom is -0.267 e. The van der Waals surface area contributed by atoms with E-state index in [0.29, 0.717) is 16.1 Å². The van der Waals surface area contributed by atoms with Crippen LogP contribution < -0.4 is 5.84 Å². The number of hydrogen-bond donors (Lipinski definition) is 1. The molecule has 0 aromatic heterocycles. The number of carbonyl (C=O) groups is 2. The molecule has 0 saturated carbocycles. The Balaban J connectivity index is 2.34. The van der Waals surface area contributed by atoms with Gasteiger partial charge in [-0.3, -0.25) is 9.59 Å². The van der Waals surface area contributed by atoms with E-state index >= 15 is 0 Å². The smallest absolute Gasteiger partial charge is 0.267 e. The third kappa shape index (κ3) is 3.49. The van der Waals surface area contributed by atoms with Gasteiger partial charge in [0, 0.05) is 12.7 Å². The lowest BCUT2D eigenvalue weighted by Crippen LogP contribution is -2.43. The van der Waals surface area contributed by atoms with E-state index in [9.17, 15) is 9.59 Å². The molecular weight excluding hydrogens is 506 g/mol. The molecule has 2 amide bonds. The molecule has 0 bridgehead atoms. The largest absolute Gasteiger partial charge is 0.276 e. The summed E-state index contributed by atoms with van der Waals surface area (Å²) in [6.45, 7) is 3.78. The molecule has 0 aliphatic rings. The minimum absolute atomic E-state index is 0.398. The van der Waals surface area contributed by atoms with Crippen LogP contribution in [-0.4, -0.2) is 16.8 Å². The summed E-state index contributed by atoms with van der Waals surface area (Å²) >= 11 is 4.22. The van der Waals surface area contributed by atoms with Gasteiger partial charge in [0.2, 0.25) is 0 Å². The van der Waals surface area contributed by atoms with Crippen LogP contribution in [0.25, 0.3) is 0 Å². The average Bonchev–Trinajstić information content (AvgIpc) is 2.48. The lowest BCUT2D eigenvalue weighted by atomic mass is 10.1. The van der Waals surface area contributed by atoms with Gasteiger partial charge >= 0.3 is 0 Å². The van der Waals surface area contributed by atoms with Crippen LogP contribution in [0, 0.1) is 21.0 Å². The molecule has 114 valence electrons. The number of benzene rings is 2. The Morgan fingerprint density at radius 3 is 2.23 bits per heavy atom. The molecule has 4 nitrogen and oxygen atoms in total. The molecule has 0 unspecified atom stereocenters. The first-order chi connectivity index (χ1) is 10.3. The number of nitrogens with zero attached hydrogens (tertiary/aromatic N) is 1. The molecule has 0 heterocycles. The first kappa shape index (κ1) is 17.4. The van der Waals surface area contributed by atoms with Crippen LogP contribution in [0.3, 0.4) is 0 Å². The van der Waals surface area contributed by atoms with Gasteiger partial charge < -0.3 is 0 Å². The van der Waals surface area contributed by atoms with Gasteiger partial charge in [0.15, 0.2) is 0 Å². The average molecular weight is 520 g/mol. The van der Waals surface area contributed by atoms with Gasteiger partial charge in [0.25, 0.3) is 11.8 Å². The van der Waals surface area contributed by atoms with E-state index in [1.165, 1.54) is 0 Å². The van der Waals surface area contributed by atoms with E-state index in [1.54, 1.807) is 12.1 Å². The van der Waals surface area contributed by atoms with Crippen molar-refractivity contribution in [1.29, 1.82) is 0 Å². The molecule has 0 aliphatic heterocycles. The molecule has 2 N–H and O–H groups in total. The second kappa shape index (κ2) is 7.05. The van der Waals surface area contributed by atoms with Gasteiger partial charge in [0.05, 0.1) is 5.56 Å². The van der Waals surface area contributed by atoms with Crippen molar-refractivity contribution in [2.75, 3.05) is 0 Å². The summed E-state index contributed by atoms with van der Waals surface area (Å²) in [6.07, 6.45) is 0. The standard InChI is InChI=1S/C16H14I2N2O2/c1-9-6-7-11(8-13(9)18)15(21)20(19)16(22)14-10(2)4-3-5-12(14)17/h3-8H,19H2,1-2H3. The highest BCUT2D eigenvalue weighted by molar-refractivity contribution is 14.1. The first-order valence-electron chi connectivity index (χ1n) is 6.47. The van der Waals surface area contributed by atoms with Crippen LogP contribution in [0.1, 0.15) is 31.8 Å². The summed E-state index contributed by atoms with van der Waals surface area (Å²) < 4.78 is 1.72. The highest BCUT2D eigenvalue weighted by Crippen LogP contribution is 2.19. The van der Waals surface area contributed by atoms with E-state index in [1.807, 2.05) is 38.1 Å². The Labute approximate surface area is 156 Å². The number of nitrogens with two attached hydrogens (primary N) is 1. The topological polar surface area (TPSA) is 63.4 Å². The highest BCUT2D eigenvalue weighted by atomic mass is 127. The van der Waals surface area contributed by atoms with Gasteiger partial charge in [-0.1, -0.05) is 18.2 Å². The molecule has 0 radical (unpaired) electrons. The zero-order chi connectivity index (χ0) is 16.4. The number of imide groups is 1. The Morgan fingerprint density at radius 1 is 0.955 bits per heavy atom. The Kier molecular flexibility index (Phi) is 5.56. The van der Waals surface area contributed by atoms with Crippen molar-refractivity contribution in [3.05, 3.63) is 65.8 Å². The van der Waals surface area contributed by atoms with Crippen molar-refractivity contribution in [2.24, 2.45) is 5.84 Å². The summed E-state index contributed by atoms with van der Waals surface area (Å²) in [7, 11) is 0. The molecular formula is C16H14I2N2O2.